The van der Waals surface area contributed by atoms with E-state index in [1.54, 1.807) is 19.1 Å². The minimum atomic E-state index is -3.70. The fraction of sp³-hybridized carbons (Fsp3) is 0.294. The number of nitrogens with zero attached hydrogens (tertiary/aromatic N) is 1. The minimum Gasteiger partial charge on any atom is -0.451 e. The van der Waals surface area contributed by atoms with Crippen LogP contribution in [0.3, 0.4) is 0 Å². The van der Waals surface area contributed by atoms with Gasteiger partial charge in [0.15, 0.2) is 6.61 Å². The van der Waals surface area contributed by atoms with E-state index in [4.69, 9.17) is 4.74 Å². The first-order valence-corrected chi connectivity index (χ1v) is 9.41. The predicted molar refractivity (Wildman–Crippen MR) is 94.9 cm³/mol. The molecule has 27 heavy (non-hydrogen) atoms. The number of sulfonamides is 1. The maximum Gasteiger partial charge on any atom is 0.355 e. The zero-order valence-electron chi connectivity index (χ0n) is 15.1. The number of carbonyl (C=O) groups is 2. The number of ether oxygens (including phenoxy) is 1. The Labute approximate surface area is 156 Å². The summed E-state index contributed by atoms with van der Waals surface area (Å²) in [7, 11) is -0.961. The number of halogens is 1. The number of nitrogens with one attached hydrogen (secondary N) is 2. The quantitative estimate of drug-likeness (QED) is 0.674. The van der Waals surface area contributed by atoms with E-state index >= 15 is 0 Å². The first-order chi connectivity index (χ1) is 12.6. The number of carbonyl (C=O) groups excluding carboxylic acids is 2. The number of aryl methyl sites for hydroxylation is 2. The third-order valence-electron chi connectivity index (χ3n) is 3.83. The molecule has 0 fully saturated rings. The van der Waals surface area contributed by atoms with Gasteiger partial charge in [-0.05, 0) is 37.2 Å². The van der Waals surface area contributed by atoms with E-state index in [2.05, 4.69) is 10.0 Å². The second-order valence-corrected chi connectivity index (χ2v) is 7.70. The van der Waals surface area contributed by atoms with Gasteiger partial charge < -0.3 is 14.6 Å². The van der Waals surface area contributed by atoms with Crippen LogP contribution in [0.1, 0.15) is 21.6 Å². The average Bonchev–Trinajstić information content (AvgIpc) is 3.03. The molecule has 0 radical (unpaired) electrons. The van der Waals surface area contributed by atoms with Crippen LogP contribution in [-0.2, 0) is 33.1 Å². The standard InChI is InChI=1S/C17H20FN3O5S/c1-11-4-5-12(6-14(11)18)8-20-16(22)10-26-17(23)15-7-13(9-21(15)3)27(24,25)19-2/h4-7,9,19H,8,10H2,1-3H3,(H,20,22). The third-order valence-corrected chi connectivity index (χ3v) is 5.21. The van der Waals surface area contributed by atoms with E-state index in [1.807, 2.05) is 0 Å². The number of aromatic nitrogens is 1. The van der Waals surface area contributed by atoms with Crippen LogP contribution in [0, 0.1) is 12.7 Å². The first-order valence-electron chi connectivity index (χ1n) is 7.93. The maximum atomic E-state index is 13.5. The van der Waals surface area contributed by atoms with Crippen LogP contribution in [0.25, 0.3) is 0 Å². The summed E-state index contributed by atoms with van der Waals surface area (Å²) < 4.78 is 45.3. The molecule has 146 valence electrons. The number of hydrogen-bond acceptors (Lipinski definition) is 5. The molecule has 0 saturated heterocycles. The Kier molecular flexibility index (Phi) is 6.34. The summed E-state index contributed by atoms with van der Waals surface area (Å²) >= 11 is 0. The molecule has 0 aliphatic carbocycles. The molecule has 1 aromatic carbocycles. The second-order valence-electron chi connectivity index (χ2n) is 5.82. The van der Waals surface area contributed by atoms with Crippen molar-refractivity contribution in [2.75, 3.05) is 13.7 Å². The highest BCUT2D eigenvalue weighted by Gasteiger charge is 2.20. The van der Waals surface area contributed by atoms with Crippen LogP contribution in [0.2, 0.25) is 0 Å². The van der Waals surface area contributed by atoms with Crippen molar-refractivity contribution in [3.63, 3.8) is 0 Å². The van der Waals surface area contributed by atoms with Crippen LogP contribution in [0.15, 0.2) is 35.4 Å². The van der Waals surface area contributed by atoms with Crippen LogP contribution in [0.4, 0.5) is 4.39 Å². The highest BCUT2D eigenvalue weighted by molar-refractivity contribution is 7.89. The Morgan fingerprint density at radius 1 is 1.26 bits per heavy atom. The molecular weight excluding hydrogens is 377 g/mol. The zero-order valence-corrected chi connectivity index (χ0v) is 15.9. The number of amides is 1. The van der Waals surface area contributed by atoms with Gasteiger partial charge in [-0.1, -0.05) is 12.1 Å². The summed E-state index contributed by atoms with van der Waals surface area (Å²) in [5.74, 6) is -1.78. The molecule has 0 spiro atoms. The van der Waals surface area contributed by atoms with E-state index in [1.165, 1.54) is 30.9 Å². The summed E-state index contributed by atoms with van der Waals surface area (Å²) in [5.41, 5.74) is 1.06. The van der Waals surface area contributed by atoms with Gasteiger partial charge in [0.05, 0.1) is 0 Å². The molecule has 1 amide bonds. The maximum absolute atomic E-state index is 13.5. The van der Waals surface area contributed by atoms with Gasteiger partial charge in [0, 0.05) is 19.8 Å². The van der Waals surface area contributed by atoms with Crippen molar-refractivity contribution in [3.05, 3.63) is 53.1 Å². The van der Waals surface area contributed by atoms with Gasteiger partial charge in [-0.2, -0.15) is 0 Å². The Bertz CT molecular complexity index is 969. The summed E-state index contributed by atoms with van der Waals surface area (Å²) in [4.78, 5) is 23.8. The van der Waals surface area contributed by atoms with Crippen molar-refractivity contribution in [1.82, 2.24) is 14.6 Å². The predicted octanol–water partition coefficient (Wildman–Crippen LogP) is 0.854. The molecule has 2 rings (SSSR count). The van der Waals surface area contributed by atoms with Crippen LogP contribution in [-0.4, -0.2) is 38.5 Å². The molecule has 0 unspecified atom stereocenters. The van der Waals surface area contributed by atoms with Crippen LogP contribution in [0.5, 0.6) is 0 Å². The summed E-state index contributed by atoms with van der Waals surface area (Å²) in [6, 6.07) is 5.75. The van der Waals surface area contributed by atoms with Gasteiger partial charge in [0.25, 0.3) is 5.91 Å². The molecule has 8 nitrogen and oxygen atoms in total. The second kappa shape index (κ2) is 8.31. The lowest BCUT2D eigenvalue weighted by Gasteiger charge is -2.08. The molecule has 0 saturated carbocycles. The zero-order chi connectivity index (χ0) is 20.2. The molecule has 1 aromatic heterocycles. The number of hydrogen-bond donors (Lipinski definition) is 2. The Morgan fingerprint density at radius 2 is 1.96 bits per heavy atom. The molecule has 10 heteroatoms. The molecule has 0 atom stereocenters. The molecule has 0 bridgehead atoms. The lowest BCUT2D eigenvalue weighted by Crippen LogP contribution is -2.28. The lowest BCUT2D eigenvalue weighted by atomic mass is 10.1. The molecule has 1 heterocycles. The SMILES string of the molecule is CNS(=O)(=O)c1cc(C(=O)OCC(=O)NCc2ccc(C)c(F)c2)n(C)c1. The van der Waals surface area contributed by atoms with Crippen molar-refractivity contribution in [1.29, 1.82) is 0 Å². The number of benzene rings is 1. The van der Waals surface area contributed by atoms with Crippen molar-refractivity contribution in [2.45, 2.75) is 18.4 Å². The fourth-order valence-electron chi connectivity index (χ4n) is 2.21. The van der Waals surface area contributed by atoms with Crippen molar-refractivity contribution in [2.24, 2.45) is 7.05 Å². The van der Waals surface area contributed by atoms with E-state index in [0.29, 0.717) is 11.1 Å². The largest absolute Gasteiger partial charge is 0.451 e. The van der Waals surface area contributed by atoms with Crippen molar-refractivity contribution in [3.8, 4) is 0 Å². The molecule has 0 aliphatic rings. The highest BCUT2D eigenvalue weighted by atomic mass is 32.2. The van der Waals surface area contributed by atoms with Gasteiger partial charge in [-0.15, -0.1) is 0 Å². The highest BCUT2D eigenvalue weighted by Crippen LogP contribution is 2.14. The van der Waals surface area contributed by atoms with Crippen molar-refractivity contribution < 1.29 is 27.1 Å². The summed E-state index contributed by atoms with van der Waals surface area (Å²) in [5, 5.41) is 2.51. The monoisotopic (exact) mass is 397 g/mol. The van der Waals surface area contributed by atoms with E-state index in [9.17, 15) is 22.4 Å². The summed E-state index contributed by atoms with van der Waals surface area (Å²) in [6.07, 6.45) is 1.26. The minimum absolute atomic E-state index is 0.0165. The molecular formula is C17H20FN3O5S. The van der Waals surface area contributed by atoms with E-state index in [0.717, 1.165) is 6.07 Å². The first kappa shape index (κ1) is 20.6. The van der Waals surface area contributed by atoms with Crippen molar-refractivity contribution >= 4 is 21.9 Å². The Morgan fingerprint density at radius 3 is 2.59 bits per heavy atom. The van der Waals surface area contributed by atoms with Crippen LogP contribution < -0.4 is 10.0 Å². The molecule has 2 aromatic rings. The van der Waals surface area contributed by atoms with Gasteiger partial charge in [0.2, 0.25) is 10.0 Å². The van der Waals surface area contributed by atoms with E-state index < -0.39 is 28.5 Å². The Hall–Kier alpha value is -2.72. The normalized spacial score (nSPS) is 11.3. The topological polar surface area (TPSA) is 106 Å². The number of rotatable bonds is 7. The van der Waals surface area contributed by atoms with Gasteiger partial charge in [-0.3, -0.25) is 4.79 Å². The van der Waals surface area contributed by atoms with Gasteiger partial charge in [-0.25, -0.2) is 22.3 Å². The molecule has 0 aliphatic heterocycles. The molecule has 2 N–H and O–H groups in total. The third kappa shape index (κ3) is 5.14. The van der Waals surface area contributed by atoms with Gasteiger partial charge in [0.1, 0.15) is 16.4 Å². The summed E-state index contributed by atoms with van der Waals surface area (Å²) in [6.45, 7) is 1.17. The smallest absolute Gasteiger partial charge is 0.355 e. The Balaban J connectivity index is 1.91. The average molecular weight is 397 g/mol. The number of esters is 1. The van der Waals surface area contributed by atoms with Crippen LogP contribution >= 0.6 is 0 Å². The lowest BCUT2D eigenvalue weighted by molar-refractivity contribution is -0.124. The van der Waals surface area contributed by atoms with Gasteiger partial charge >= 0.3 is 5.97 Å². The fourth-order valence-corrected chi connectivity index (χ4v) is 3.00. The van der Waals surface area contributed by atoms with E-state index in [-0.39, 0.29) is 23.0 Å².